The molecule has 0 aromatic carbocycles. The van der Waals surface area contributed by atoms with Gasteiger partial charge in [-0.3, -0.25) is 14.5 Å². The molecule has 0 spiro atoms. The fourth-order valence-corrected chi connectivity index (χ4v) is 5.33. The third-order valence-electron chi connectivity index (χ3n) is 6.91. The fraction of sp³-hybridized carbons (Fsp3) is 0.300. The summed E-state index contributed by atoms with van der Waals surface area (Å²) in [7, 11) is 1.59. The molecule has 5 aromatic heterocycles. The number of nitrogens with one attached hydrogen (secondary N) is 1. The van der Waals surface area contributed by atoms with Crippen LogP contribution in [0.15, 0.2) is 72.6 Å². The Kier molecular flexibility index (Phi) is 8.85. The van der Waals surface area contributed by atoms with Crippen LogP contribution in [0.3, 0.4) is 0 Å². The Morgan fingerprint density at radius 1 is 1.15 bits per heavy atom. The number of hydrogen-bond donors (Lipinski definition) is 1. The summed E-state index contributed by atoms with van der Waals surface area (Å²) in [4.78, 5) is 31.6. The Bertz CT molecular complexity index is 1620. The van der Waals surface area contributed by atoms with Crippen molar-refractivity contribution < 1.29 is 19.1 Å². The minimum atomic E-state index is -0.196. The molecular weight excluding hydrogens is 538 g/mol. The molecule has 0 aliphatic rings. The molecule has 0 radical (unpaired) electrons. The fourth-order valence-electron chi connectivity index (χ4n) is 4.64. The second-order valence-electron chi connectivity index (χ2n) is 9.52. The lowest BCUT2D eigenvalue weighted by atomic mass is 10.1. The van der Waals surface area contributed by atoms with Crippen LogP contribution in [0.5, 0.6) is 5.88 Å². The van der Waals surface area contributed by atoms with Crippen molar-refractivity contribution in [3.05, 3.63) is 83.8 Å². The van der Waals surface area contributed by atoms with Gasteiger partial charge in [0.2, 0.25) is 18.3 Å². The molecule has 5 rings (SSSR count). The summed E-state index contributed by atoms with van der Waals surface area (Å²) >= 11 is 1.62. The lowest BCUT2D eigenvalue weighted by Crippen LogP contribution is -2.42. The van der Waals surface area contributed by atoms with Crippen molar-refractivity contribution in [2.45, 2.75) is 33.4 Å². The zero-order valence-electron chi connectivity index (χ0n) is 23.7. The zero-order chi connectivity index (χ0) is 28.8. The van der Waals surface area contributed by atoms with Crippen molar-refractivity contribution in [2.24, 2.45) is 0 Å². The van der Waals surface area contributed by atoms with Crippen molar-refractivity contribution >= 4 is 22.9 Å². The molecule has 11 heteroatoms. The number of likely N-dealkylation sites (N-methyl/N-ethyl adjacent to an activating group) is 1. The minimum Gasteiger partial charge on any atom is -0.473 e. The second kappa shape index (κ2) is 12.9. The van der Waals surface area contributed by atoms with E-state index in [9.17, 15) is 4.79 Å². The highest BCUT2D eigenvalue weighted by molar-refractivity contribution is 7.13. The highest BCUT2D eigenvalue weighted by atomic mass is 32.1. The molecule has 0 bridgehead atoms. The van der Waals surface area contributed by atoms with E-state index in [1.54, 1.807) is 52.2 Å². The maximum Gasteiger partial charge on any atom is 0.251 e. The number of aromatic nitrogens is 5. The molecule has 0 aliphatic carbocycles. The molecule has 0 saturated carbocycles. The first kappa shape index (κ1) is 28.2. The number of amides is 1. The van der Waals surface area contributed by atoms with E-state index in [2.05, 4.69) is 36.1 Å². The number of rotatable bonds is 12. The Hall–Kier alpha value is -4.35. The average molecular weight is 573 g/mol. The third kappa shape index (κ3) is 6.53. The van der Waals surface area contributed by atoms with Crippen molar-refractivity contribution in [3.63, 3.8) is 0 Å². The largest absolute Gasteiger partial charge is 0.473 e. The highest BCUT2D eigenvalue weighted by Crippen LogP contribution is 2.29. The molecule has 0 aliphatic heterocycles. The van der Waals surface area contributed by atoms with Crippen LogP contribution in [0.2, 0.25) is 0 Å². The summed E-state index contributed by atoms with van der Waals surface area (Å²) in [5.74, 6) is 0.129. The Labute approximate surface area is 243 Å². The molecule has 1 unspecified atom stereocenters. The monoisotopic (exact) mass is 572 g/mol. The van der Waals surface area contributed by atoms with Gasteiger partial charge in [-0.1, -0.05) is 19.9 Å². The van der Waals surface area contributed by atoms with E-state index in [0.29, 0.717) is 34.9 Å². The lowest BCUT2D eigenvalue weighted by molar-refractivity contribution is -0.885. The second-order valence-corrected chi connectivity index (χ2v) is 10.5. The van der Waals surface area contributed by atoms with Crippen LogP contribution in [-0.2, 0) is 6.61 Å². The molecule has 0 saturated heterocycles. The maximum atomic E-state index is 13.4. The van der Waals surface area contributed by atoms with Gasteiger partial charge in [-0.2, -0.15) is 5.10 Å². The van der Waals surface area contributed by atoms with Gasteiger partial charge < -0.3 is 10.1 Å². The molecule has 5 heterocycles. The lowest BCUT2D eigenvalue weighted by Gasteiger charge is -2.26. The average Bonchev–Trinajstić information content (AvgIpc) is 3.70. The van der Waals surface area contributed by atoms with E-state index in [4.69, 9.17) is 19.5 Å². The van der Waals surface area contributed by atoms with E-state index in [1.807, 2.05) is 48.1 Å². The Morgan fingerprint density at radius 2 is 2.00 bits per heavy atom. The molecule has 1 N–H and O–H groups in total. The number of carbonyl (C=O) groups excluding carboxylic acids is 1. The molecule has 0 fully saturated rings. The number of fused-ring (bicyclic) bond motifs is 1. The smallest absolute Gasteiger partial charge is 0.251 e. The molecule has 212 valence electrons. The van der Waals surface area contributed by atoms with Crippen LogP contribution in [-0.4, -0.2) is 63.2 Å². The van der Waals surface area contributed by atoms with Gasteiger partial charge in [0, 0.05) is 41.2 Å². The summed E-state index contributed by atoms with van der Waals surface area (Å²) in [5, 5.41) is 9.59. The number of ether oxygens (including phenoxy) is 1. The van der Waals surface area contributed by atoms with E-state index >= 15 is 0 Å². The molecule has 1 amide bonds. The van der Waals surface area contributed by atoms with Gasteiger partial charge in [-0.05, 0) is 49.7 Å². The van der Waals surface area contributed by atoms with Gasteiger partial charge in [0.05, 0.1) is 33.6 Å². The normalized spacial score (nSPS) is 12.0. The topological polar surface area (TPSA) is 97.8 Å². The summed E-state index contributed by atoms with van der Waals surface area (Å²) in [6.07, 6.45) is 7.22. The number of carbonyl (C=O) groups is 1. The third-order valence-corrected chi connectivity index (χ3v) is 7.80. The van der Waals surface area contributed by atoms with Crippen molar-refractivity contribution in [3.8, 4) is 27.7 Å². The predicted molar refractivity (Wildman–Crippen MR) is 158 cm³/mol. The number of pyridine rings is 2. The Balaban J connectivity index is 1.48. The number of hydrogen-bond acceptors (Lipinski definition) is 8. The van der Waals surface area contributed by atoms with Crippen molar-refractivity contribution in [1.82, 2.24) is 29.8 Å². The van der Waals surface area contributed by atoms with E-state index in [0.717, 1.165) is 29.2 Å². The van der Waals surface area contributed by atoms with E-state index < -0.39 is 0 Å². The summed E-state index contributed by atoms with van der Waals surface area (Å²) < 4.78 is 9.40. The van der Waals surface area contributed by atoms with Gasteiger partial charge in [0.25, 0.3) is 5.91 Å². The van der Waals surface area contributed by atoms with Crippen LogP contribution < -0.4 is 19.6 Å². The standard InChI is InChI=1S/C30H33N7O3S/c1-5-35(6-2)21(3)17-31-30(38)23-15-26(33-28(16-23)40-20-22-9-7-12-36(19-22)39-4)24-18-32-37-13-11-25(34-29(24)37)27-10-8-14-41-27/h7-16,18-19,21H,5-6,17,20H2,1-4H3/p+1. The van der Waals surface area contributed by atoms with E-state index in [1.165, 1.54) is 0 Å². The minimum absolute atomic E-state index is 0.196. The van der Waals surface area contributed by atoms with Crippen LogP contribution in [0.25, 0.3) is 27.5 Å². The van der Waals surface area contributed by atoms with E-state index in [-0.39, 0.29) is 18.6 Å². The van der Waals surface area contributed by atoms with Crippen LogP contribution in [0, 0.1) is 0 Å². The molecule has 41 heavy (non-hydrogen) atoms. The molecule has 5 aromatic rings. The Morgan fingerprint density at radius 3 is 2.76 bits per heavy atom. The molecular formula is C30H34N7O3S+. The van der Waals surface area contributed by atoms with Crippen LogP contribution in [0.4, 0.5) is 0 Å². The molecule has 1 atom stereocenters. The first-order valence-corrected chi connectivity index (χ1v) is 14.5. The van der Waals surface area contributed by atoms with Crippen LogP contribution in [0.1, 0.15) is 36.7 Å². The SMILES string of the molecule is CCN(CC)C(C)CNC(=O)c1cc(OCc2ccc[n+](OC)c2)nc(-c2cnn3ccc(-c4cccs4)nc23)c1. The van der Waals surface area contributed by atoms with Gasteiger partial charge in [0.1, 0.15) is 13.7 Å². The molecule has 10 nitrogen and oxygen atoms in total. The van der Waals surface area contributed by atoms with Gasteiger partial charge in [-0.15, -0.1) is 11.3 Å². The number of thiophene rings is 1. The van der Waals surface area contributed by atoms with Crippen molar-refractivity contribution in [1.29, 1.82) is 0 Å². The summed E-state index contributed by atoms with van der Waals surface area (Å²) in [5.41, 5.74) is 4.09. The first-order chi connectivity index (χ1) is 20.0. The zero-order valence-corrected chi connectivity index (χ0v) is 24.5. The van der Waals surface area contributed by atoms with Gasteiger partial charge in [0.15, 0.2) is 5.65 Å². The highest BCUT2D eigenvalue weighted by Gasteiger charge is 2.18. The summed E-state index contributed by atoms with van der Waals surface area (Å²) in [6, 6.07) is 13.4. The van der Waals surface area contributed by atoms with Crippen molar-refractivity contribution in [2.75, 3.05) is 26.7 Å². The van der Waals surface area contributed by atoms with Gasteiger partial charge in [-0.25, -0.2) is 14.5 Å². The number of nitrogens with zero attached hydrogens (tertiary/aromatic N) is 6. The van der Waals surface area contributed by atoms with Crippen LogP contribution >= 0.6 is 11.3 Å². The van der Waals surface area contributed by atoms with Gasteiger partial charge >= 0.3 is 0 Å². The first-order valence-electron chi connectivity index (χ1n) is 13.6. The summed E-state index contributed by atoms with van der Waals surface area (Å²) in [6.45, 7) is 8.96. The quantitative estimate of drug-likeness (QED) is 0.227. The maximum absolute atomic E-state index is 13.4. The predicted octanol–water partition coefficient (Wildman–Crippen LogP) is 3.90.